The summed E-state index contributed by atoms with van der Waals surface area (Å²) in [7, 11) is 0. The standard InChI is InChI=1S/C15H21NO3/c1-3-19-14-7-5-4-6-12(14)13(17)10-16-9-11(2)8-15(16)18/h4-7,11,13,17H,3,8-10H2,1-2H3. The van der Waals surface area contributed by atoms with E-state index in [1.807, 2.05) is 31.2 Å². The molecule has 0 saturated carbocycles. The van der Waals surface area contributed by atoms with Crippen LogP contribution in [0.5, 0.6) is 5.75 Å². The predicted octanol–water partition coefficient (Wildman–Crippen LogP) is 1.99. The van der Waals surface area contributed by atoms with Crippen LogP contribution in [0.3, 0.4) is 0 Å². The van der Waals surface area contributed by atoms with E-state index < -0.39 is 6.10 Å². The van der Waals surface area contributed by atoms with Gasteiger partial charge in [0.05, 0.1) is 13.2 Å². The number of aliphatic hydroxyl groups is 1. The van der Waals surface area contributed by atoms with Crippen LogP contribution < -0.4 is 4.74 Å². The highest BCUT2D eigenvalue weighted by atomic mass is 16.5. The first-order valence-electron chi connectivity index (χ1n) is 6.79. The number of ether oxygens (including phenoxy) is 1. The van der Waals surface area contributed by atoms with E-state index in [4.69, 9.17) is 4.74 Å². The lowest BCUT2D eigenvalue weighted by molar-refractivity contribution is -0.129. The van der Waals surface area contributed by atoms with E-state index in [1.165, 1.54) is 0 Å². The lowest BCUT2D eigenvalue weighted by Gasteiger charge is -2.22. The average molecular weight is 263 g/mol. The fourth-order valence-electron chi connectivity index (χ4n) is 2.50. The molecule has 1 saturated heterocycles. The van der Waals surface area contributed by atoms with Gasteiger partial charge < -0.3 is 14.7 Å². The molecule has 1 heterocycles. The Morgan fingerprint density at radius 1 is 1.47 bits per heavy atom. The molecule has 1 fully saturated rings. The molecule has 2 unspecified atom stereocenters. The number of nitrogens with zero attached hydrogens (tertiary/aromatic N) is 1. The number of carbonyl (C=O) groups excluding carboxylic acids is 1. The van der Waals surface area contributed by atoms with Gasteiger partial charge in [0.15, 0.2) is 0 Å². The monoisotopic (exact) mass is 263 g/mol. The summed E-state index contributed by atoms with van der Waals surface area (Å²) in [6.45, 7) is 5.59. The van der Waals surface area contributed by atoms with Crippen molar-refractivity contribution in [1.82, 2.24) is 4.90 Å². The summed E-state index contributed by atoms with van der Waals surface area (Å²) in [6, 6.07) is 7.44. The van der Waals surface area contributed by atoms with Crippen LogP contribution in [0.2, 0.25) is 0 Å². The molecule has 0 radical (unpaired) electrons. The summed E-state index contributed by atoms with van der Waals surface area (Å²) < 4.78 is 5.51. The van der Waals surface area contributed by atoms with Gasteiger partial charge in [-0.15, -0.1) is 0 Å². The van der Waals surface area contributed by atoms with Gasteiger partial charge in [-0.3, -0.25) is 4.79 Å². The van der Waals surface area contributed by atoms with Gasteiger partial charge in [-0.2, -0.15) is 0 Å². The van der Waals surface area contributed by atoms with Crippen LogP contribution in [0, 0.1) is 5.92 Å². The molecule has 0 spiro atoms. The second-order valence-electron chi connectivity index (χ2n) is 5.09. The van der Waals surface area contributed by atoms with Crippen molar-refractivity contribution in [1.29, 1.82) is 0 Å². The highest BCUT2D eigenvalue weighted by Crippen LogP contribution is 2.27. The Morgan fingerprint density at radius 3 is 2.84 bits per heavy atom. The zero-order valence-electron chi connectivity index (χ0n) is 11.5. The molecule has 0 aliphatic carbocycles. The number of hydrogen-bond donors (Lipinski definition) is 1. The number of benzene rings is 1. The fraction of sp³-hybridized carbons (Fsp3) is 0.533. The molecule has 2 rings (SSSR count). The molecule has 4 nitrogen and oxygen atoms in total. The van der Waals surface area contributed by atoms with E-state index >= 15 is 0 Å². The first-order valence-corrected chi connectivity index (χ1v) is 6.79. The predicted molar refractivity (Wildman–Crippen MR) is 72.9 cm³/mol. The molecular weight excluding hydrogens is 242 g/mol. The third-order valence-electron chi connectivity index (χ3n) is 3.38. The van der Waals surface area contributed by atoms with Gasteiger partial charge in [-0.1, -0.05) is 25.1 Å². The first kappa shape index (κ1) is 13.9. The number of para-hydroxylation sites is 1. The van der Waals surface area contributed by atoms with Crippen molar-refractivity contribution in [3.05, 3.63) is 29.8 Å². The van der Waals surface area contributed by atoms with Crippen molar-refractivity contribution in [3.63, 3.8) is 0 Å². The molecule has 0 bridgehead atoms. The molecule has 1 aromatic carbocycles. The summed E-state index contributed by atoms with van der Waals surface area (Å²) in [5, 5.41) is 10.3. The topological polar surface area (TPSA) is 49.8 Å². The lowest BCUT2D eigenvalue weighted by Crippen LogP contribution is -2.30. The van der Waals surface area contributed by atoms with Gasteiger partial charge >= 0.3 is 0 Å². The molecule has 1 amide bonds. The van der Waals surface area contributed by atoms with Crippen molar-refractivity contribution in [2.24, 2.45) is 5.92 Å². The molecule has 1 aliphatic heterocycles. The van der Waals surface area contributed by atoms with Crippen molar-refractivity contribution in [2.75, 3.05) is 19.7 Å². The zero-order valence-corrected chi connectivity index (χ0v) is 11.5. The van der Waals surface area contributed by atoms with Crippen molar-refractivity contribution >= 4 is 5.91 Å². The van der Waals surface area contributed by atoms with E-state index in [1.54, 1.807) is 4.90 Å². The highest BCUT2D eigenvalue weighted by molar-refractivity contribution is 5.78. The molecule has 0 aromatic heterocycles. The highest BCUT2D eigenvalue weighted by Gasteiger charge is 2.28. The van der Waals surface area contributed by atoms with E-state index in [2.05, 4.69) is 6.92 Å². The largest absolute Gasteiger partial charge is 0.493 e. The number of carbonyl (C=O) groups is 1. The van der Waals surface area contributed by atoms with Gasteiger partial charge in [0, 0.05) is 18.5 Å². The maximum absolute atomic E-state index is 11.7. The average Bonchev–Trinajstić information content (AvgIpc) is 2.69. The SMILES string of the molecule is CCOc1ccccc1C(O)CN1CC(C)CC1=O. The van der Waals surface area contributed by atoms with Crippen LogP contribution in [-0.4, -0.2) is 35.6 Å². The summed E-state index contributed by atoms with van der Waals surface area (Å²) in [5.74, 6) is 1.19. The van der Waals surface area contributed by atoms with Crippen LogP contribution in [0.25, 0.3) is 0 Å². The summed E-state index contributed by atoms with van der Waals surface area (Å²) in [5.41, 5.74) is 0.747. The molecule has 104 valence electrons. The number of β-amino-alcohol motifs (C(OH)–C–C–N with tert-alkyl or cyclic N) is 1. The lowest BCUT2D eigenvalue weighted by atomic mass is 10.1. The van der Waals surface area contributed by atoms with E-state index in [9.17, 15) is 9.90 Å². The zero-order chi connectivity index (χ0) is 13.8. The summed E-state index contributed by atoms with van der Waals surface area (Å²) in [6.07, 6.45) is -0.114. The van der Waals surface area contributed by atoms with Gasteiger partial charge in [0.25, 0.3) is 0 Å². The number of likely N-dealkylation sites (tertiary alicyclic amines) is 1. The number of aliphatic hydroxyl groups excluding tert-OH is 1. The van der Waals surface area contributed by atoms with Gasteiger partial charge in [-0.25, -0.2) is 0 Å². The second-order valence-corrected chi connectivity index (χ2v) is 5.09. The smallest absolute Gasteiger partial charge is 0.223 e. The van der Waals surface area contributed by atoms with E-state index in [0.717, 1.165) is 12.1 Å². The molecule has 2 atom stereocenters. The third kappa shape index (κ3) is 3.26. The quantitative estimate of drug-likeness (QED) is 0.883. The van der Waals surface area contributed by atoms with Crippen LogP contribution in [0.4, 0.5) is 0 Å². The number of hydrogen-bond acceptors (Lipinski definition) is 3. The summed E-state index contributed by atoms with van der Waals surface area (Å²) in [4.78, 5) is 13.5. The Balaban J connectivity index is 2.07. The molecule has 1 aromatic rings. The Hall–Kier alpha value is -1.55. The van der Waals surface area contributed by atoms with Crippen molar-refractivity contribution in [3.8, 4) is 5.75 Å². The maximum atomic E-state index is 11.7. The van der Waals surface area contributed by atoms with Gasteiger partial charge in [0.1, 0.15) is 11.9 Å². The second kappa shape index (κ2) is 6.06. The minimum atomic E-state index is -0.697. The Bertz CT molecular complexity index is 447. The molecule has 1 N–H and O–H groups in total. The molecule has 4 heteroatoms. The summed E-state index contributed by atoms with van der Waals surface area (Å²) >= 11 is 0. The van der Waals surface area contributed by atoms with Crippen molar-refractivity contribution < 1.29 is 14.6 Å². The number of rotatable bonds is 5. The third-order valence-corrected chi connectivity index (χ3v) is 3.38. The van der Waals surface area contributed by atoms with Crippen LogP contribution >= 0.6 is 0 Å². The van der Waals surface area contributed by atoms with Gasteiger partial charge in [-0.05, 0) is 18.9 Å². The van der Waals surface area contributed by atoms with Gasteiger partial charge in [0.2, 0.25) is 5.91 Å². The normalized spacial score (nSPS) is 20.7. The Labute approximate surface area is 114 Å². The first-order chi connectivity index (χ1) is 9.11. The van der Waals surface area contributed by atoms with Crippen LogP contribution in [0.1, 0.15) is 31.9 Å². The van der Waals surface area contributed by atoms with E-state index in [-0.39, 0.29) is 5.91 Å². The molecular formula is C15H21NO3. The fourth-order valence-corrected chi connectivity index (χ4v) is 2.50. The number of amides is 1. The minimum absolute atomic E-state index is 0.125. The molecule has 1 aliphatic rings. The Morgan fingerprint density at radius 2 is 2.21 bits per heavy atom. The van der Waals surface area contributed by atoms with E-state index in [0.29, 0.717) is 31.2 Å². The Kier molecular flexibility index (Phi) is 4.43. The van der Waals surface area contributed by atoms with Crippen LogP contribution in [0.15, 0.2) is 24.3 Å². The molecule has 19 heavy (non-hydrogen) atoms. The minimum Gasteiger partial charge on any atom is -0.493 e. The van der Waals surface area contributed by atoms with Crippen LogP contribution in [-0.2, 0) is 4.79 Å². The van der Waals surface area contributed by atoms with Crippen molar-refractivity contribution in [2.45, 2.75) is 26.4 Å². The maximum Gasteiger partial charge on any atom is 0.223 e.